The van der Waals surface area contributed by atoms with Crippen LogP contribution in [0.5, 0.6) is 0 Å². The van der Waals surface area contributed by atoms with Crippen molar-refractivity contribution in [2.24, 2.45) is 5.92 Å². The summed E-state index contributed by atoms with van der Waals surface area (Å²) in [6.45, 7) is 4.79. The zero-order chi connectivity index (χ0) is 13.9. The first-order valence-electron chi connectivity index (χ1n) is 7.81. The molecule has 1 aromatic rings. The Kier molecular flexibility index (Phi) is 4.06. The van der Waals surface area contributed by atoms with Crippen LogP contribution < -0.4 is 5.32 Å². The number of hydrogen-bond donors (Lipinski definition) is 1. The summed E-state index contributed by atoms with van der Waals surface area (Å²) in [7, 11) is 0. The lowest BCUT2D eigenvalue weighted by Crippen LogP contribution is -2.43. The maximum atomic E-state index is 12.7. The molecule has 0 radical (unpaired) electrons. The minimum atomic E-state index is 0.190. The number of piperidine rings is 1. The normalized spacial score (nSPS) is 22.6. The van der Waals surface area contributed by atoms with Gasteiger partial charge in [-0.1, -0.05) is 29.8 Å². The number of nitrogens with zero attached hydrogens (tertiary/aromatic N) is 1. The first kappa shape index (κ1) is 13.6. The lowest BCUT2D eigenvalue weighted by Gasteiger charge is -2.30. The summed E-state index contributed by atoms with van der Waals surface area (Å²) in [4.78, 5) is 14.9. The van der Waals surface area contributed by atoms with E-state index in [-0.39, 0.29) is 5.92 Å². The quantitative estimate of drug-likeness (QED) is 0.913. The molecule has 2 aliphatic rings. The molecule has 1 heterocycles. The molecule has 3 nitrogen and oxygen atoms in total. The van der Waals surface area contributed by atoms with Crippen LogP contribution in [-0.4, -0.2) is 29.9 Å². The summed E-state index contributed by atoms with van der Waals surface area (Å²) in [5, 5.41) is 3.35. The molecule has 1 aliphatic carbocycles. The highest BCUT2D eigenvalue weighted by molar-refractivity contribution is 5.79. The average Bonchev–Trinajstić information content (AvgIpc) is 3.31. The van der Waals surface area contributed by atoms with Crippen LogP contribution in [0.15, 0.2) is 24.3 Å². The highest BCUT2D eigenvalue weighted by Gasteiger charge is 2.36. The predicted octanol–water partition coefficient (Wildman–Crippen LogP) is 2.49. The van der Waals surface area contributed by atoms with Gasteiger partial charge in [-0.05, 0) is 44.7 Å². The molecule has 20 heavy (non-hydrogen) atoms. The minimum Gasteiger partial charge on any atom is -0.335 e. The summed E-state index contributed by atoms with van der Waals surface area (Å²) in [6, 6.07) is 9.06. The Morgan fingerprint density at radius 3 is 2.60 bits per heavy atom. The van der Waals surface area contributed by atoms with E-state index >= 15 is 0 Å². The SMILES string of the molecule is Cc1ccc(CN(C(=O)[C@H]2CCCNC2)C2CC2)cc1. The highest BCUT2D eigenvalue weighted by atomic mass is 16.2. The first-order valence-corrected chi connectivity index (χ1v) is 7.81. The van der Waals surface area contributed by atoms with Crippen molar-refractivity contribution in [3.8, 4) is 0 Å². The van der Waals surface area contributed by atoms with E-state index < -0.39 is 0 Å². The van der Waals surface area contributed by atoms with E-state index in [0.29, 0.717) is 11.9 Å². The number of aryl methyl sites for hydroxylation is 1. The smallest absolute Gasteiger partial charge is 0.227 e. The van der Waals surface area contributed by atoms with Gasteiger partial charge in [-0.15, -0.1) is 0 Å². The molecule has 1 aromatic carbocycles. The zero-order valence-corrected chi connectivity index (χ0v) is 12.3. The molecule has 1 saturated heterocycles. The third kappa shape index (κ3) is 3.21. The molecule has 0 unspecified atom stereocenters. The first-order chi connectivity index (χ1) is 9.74. The molecule has 1 atom stereocenters. The van der Waals surface area contributed by atoms with Crippen molar-refractivity contribution in [2.45, 2.75) is 45.2 Å². The Morgan fingerprint density at radius 1 is 1.25 bits per heavy atom. The molecular formula is C17H24N2O. The van der Waals surface area contributed by atoms with Crippen LogP contribution >= 0.6 is 0 Å². The molecule has 0 aromatic heterocycles. The fourth-order valence-corrected chi connectivity index (χ4v) is 2.96. The number of nitrogens with one attached hydrogen (secondary N) is 1. The molecule has 108 valence electrons. The molecule has 3 heteroatoms. The van der Waals surface area contributed by atoms with E-state index in [0.717, 1.165) is 32.5 Å². The van der Waals surface area contributed by atoms with Crippen LogP contribution in [0.3, 0.4) is 0 Å². The Bertz CT molecular complexity index is 458. The number of rotatable bonds is 4. The standard InChI is InChI=1S/C17H24N2O/c1-13-4-6-14(7-5-13)12-19(16-8-9-16)17(20)15-3-2-10-18-11-15/h4-7,15-16,18H,2-3,8-12H2,1H3/t15-/m0/s1. The number of benzene rings is 1. The van der Waals surface area contributed by atoms with Gasteiger partial charge in [0.05, 0.1) is 5.92 Å². The van der Waals surface area contributed by atoms with Crippen LogP contribution in [0, 0.1) is 12.8 Å². The topological polar surface area (TPSA) is 32.3 Å². The largest absolute Gasteiger partial charge is 0.335 e. The van der Waals surface area contributed by atoms with Crippen LogP contribution in [0.4, 0.5) is 0 Å². The number of amides is 1. The highest BCUT2D eigenvalue weighted by Crippen LogP contribution is 2.30. The lowest BCUT2D eigenvalue weighted by atomic mass is 9.97. The lowest BCUT2D eigenvalue weighted by molar-refractivity contribution is -0.137. The van der Waals surface area contributed by atoms with Gasteiger partial charge in [0.1, 0.15) is 0 Å². The van der Waals surface area contributed by atoms with Crippen LogP contribution in [0.1, 0.15) is 36.8 Å². The van der Waals surface area contributed by atoms with E-state index in [1.54, 1.807) is 0 Å². The molecule has 1 amide bonds. The van der Waals surface area contributed by atoms with Gasteiger partial charge in [-0.3, -0.25) is 4.79 Å². The Hall–Kier alpha value is -1.35. The maximum absolute atomic E-state index is 12.7. The Morgan fingerprint density at radius 2 is 2.00 bits per heavy atom. The second-order valence-electron chi connectivity index (χ2n) is 6.23. The van der Waals surface area contributed by atoms with E-state index in [2.05, 4.69) is 41.4 Å². The van der Waals surface area contributed by atoms with E-state index in [4.69, 9.17) is 0 Å². The van der Waals surface area contributed by atoms with Gasteiger partial charge in [-0.2, -0.15) is 0 Å². The van der Waals surface area contributed by atoms with Gasteiger partial charge in [0, 0.05) is 19.1 Å². The second-order valence-corrected chi connectivity index (χ2v) is 6.23. The van der Waals surface area contributed by atoms with Crippen LogP contribution in [0.2, 0.25) is 0 Å². The molecular weight excluding hydrogens is 248 g/mol. The summed E-state index contributed by atoms with van der Waals surface area (Å²) < 4.78 is 0. The van der Waals surface area contributed by atoms with Gasteiger partial charge >= 0.3 is 0 Å². The van der Waals surface area contributed by atoms with E-state index in [1.807, 2.05) is 0 Å². The molecule has 1 N–H and O–H groups in total. The van der Waals surface area contributed by atoms with Crippen molar-refractivity contribution in [1.29, 1.82) is 0 Å². The van der Waals surface area contributed by atoms with Gasteiger partial charge < -0.3 is 10.2 Å². The van der Waals surface area contributed by atoms with Gasteiger partial charge in [-0.25, -0.2) is 0 Å². The fourth-order valence-electron chi connectivity index (χ4n) is 2.96. The Balaban J connectivity index is 1.68. The minimum absolute atomic E-state index is 0.190. The Labute approximate surface area is 121 Å². The van der Waals surface area contributed by atoms with Crippen molar-refractivity contribution in [1.82, 2.24) is 10.2 Å². The monoisotopic (exact) mass is 272 g/mol. The van der Waals surface area contributed by atoms with Crippen molar-refractivity contribution in [3.63, 3.8) is 0 Å². The molecule has 2 fully saturated rings. The second kappa shape index (κ2) is 5.96. The fraction of sp³-hybridized carbons (Fsp3) is 0.588. The van der Waals surface area contributed by atoms with Crippen LogP contribution in [-0.2, 0) is 11.3 Å². The summed E-state index contributed by atoms with van der Waals surface area (Å²) in [6.07, 6.45) is 4.53. The third-order valence-corrected chi connectivity index (χ3v) is 4.39. The number of hydrogen-bond acceptors (Lipinski definition) is 2. The van der Waals surface area contributed by atoms with Gasteiger partial charge in [0.25, 0.3) is 0 Å². The number of carbonyl (C=O) groups excluding carboxylic acids is 1. The van der Waals surface area contributed by atoms with Crippen molar-refractivity contribution < 1.29 is 4.79 Å². The molecule has 0 bridgehead atoms. The predicted molar refractivity (Wildman–Crippen MR) is 80.3 cm³/mol. The molecule has 1 saturated carbocycles. The summed E-state index contributed by atoms with van der Waals surface area (Å²) in [5.74, 6) is 0.551. The number of carbonyl (C=O) groups is 1. The van der Waals surface area contributed by atoms with E-state index in [1.165, 1.54) is 24.0 Å². The summed E-state index contributed by atoms with van der Waals surface area (Å²) >= 11 is 0. The zero-order valence-electron chi connectivity index (χ0n) is 12.3. The third-order valence-electron chi connectivity index (χ3n) is 4.39. The average molecular weight is 272 g/mol. The maximum Gasteiger partial charge on any atom is 0.227 e. The van der Waals surface area contributed by atoms with Crippen molar-refractivity contribution in [3.05, 3.63) is 35.4 Å². The van der Waals surface area contributed by atoms with Crippen LogP contribution in [0.25, 0.3) is 0 Å². The van der Waals surface area contributed by atoms with Gasteiger partial charge in [0.15, 0.2) is 0 Å². The van der Waals surface area contributed by atoms with Crippen molar-refractivity contribution >= 4 is 5.91 Å². The van der Waals surface area contributed by atoms with Gasteiger partial charge in [0.2, 0.25) is 5.91 Å². The van der Waals surface area contributed by atoms with Crippen molar-refractivity contribution in [2.75, 3.05) is 13.1 Å². The molecule has 0 spiro atoms. The molecule has 3 rings (SSSR count). The summed E-state index contributed by atoms with van der Waals surface area (Å²) in [5.41, 5.74) is 2.52. The molecule has 1 aliphatic heterocycles. The van der Waals surface area contributed by atoms with E-state index in [9.17, 15) is 4.79 Å².